The normalized spacial score (nSPS) is 18.1. The number of amides is 2. The summed E-state index contributed by atoms with van der Waals surface area (Å²) >= 11 is 0. The summed E-state index contributed by atoms with van der Waals surface area (Å²) in [6.45, 7) is 0.310. The number of likely N-dealkylation sites (tertiary alicyclic amines) is 1. The van der Waals surface area contributed by atoms with Gasteiger partial charge in [0.25, 0.3) is 0 Å². The highest BCUT2D eigenvalue weighted by Gasteiger charge is 2.32. The third-order valence-corrected chi connectivity index (χ3v) is 3.24. The molecule has 1 unspecified atom stereocenters. The van der Waals surface area contributed by atoms with Gasteiger partial charge in [-0.05, 0) is 12.1 Å². The van der Waals surface area contributed by atoms with Gasteiger partial charge in [0.15, 0.2) is 5.75 Å². The van der Waals surface area contributed by atoms with Crippen LogP contribution in [0.5, 0.6) is 5.75 Å². The number of benzene rings is 1. The molecule has 0 aliphatic carbocycles. The molecule has 0 aromatic heterocycles. The lowest BCUT2D eigenvalue weighted by molar-refractivity contribution is -0.127. The minimum Gasteiger partial charge on any atom is -0.505 e. The standard InChI is InChI=1S/C13H14N2O5/c1-15-6-7(5-10(15)16)12(18)14-9-4-2-3-8(11(9)17)13(19)20/h2-4,7,17H,5-6H2,1H3,(H,14,18)(H,19,20). The van der Waals surface area contributed by atoms with Crippen molar-refractivity contribution in [3.8, 4) is 5.75 Å². The van der Waals surface area contributed by atoms with Gasteiger partial charge in [0.05, 0.1) is 11.6 Å². The topological polar surface area (TPSA) is 107 Å². The van der Waals surface area contributed by atoms with Gasteiger partial charge in [-0.1, -0.05) is 6.07 Å². The monoisotopic (exact) mass is 278 g/mol. The molecule has 0 spiro atoms. The number of carboxylic acid groups (broad SMARTS) is 1. The molecule has 1 aromatic carbocycles. The maximum Gasteiger partial charge on any atom is 0.339 e. The number of nitrogens with one attached hydrogen (secondary N) is 1. The molecule has 1 atom stereocenters. The minimum atomic E-state index is -1.28. The molecule has 0 radical (unpaired) electrons. The third-order valence-electron chi connectivity index (χ3n) is 3.24. The molecule has 1 fully saturated rings. The van der Waals surface area contributed by atoms with E-state index >= 15 is 0 Å². The molecule has 7 heteroatoms. The molecular formula is C13H14N2O5. The van der Waals surface area contributed by atoms with Crippen molar-refractivity contribution in [2.75, 3.05) is 18.9 Å². The maximum atomic E-state index is 12.0. The van der Waals surface area contributed by atoms with E-state index in [4.69, 9.17) is 5.11 Å². The number of carbonyl (C=O) groups excluding carboxylic acids is 2. The molecule has 1 aliphatic heterocycles. The van der Waals surface area contributed by atoms with Crippen LogP contribution in [0.2, 0.25) is 0 Å². The summed E-state index contributed by atoms with van der Waals surface area (Å²) in [5.74, 6) is -2.81. The van der Waals surface area contributed by atoms with Crippen molar-refractivity contribution in [2.24, 2.45) is 5.92 Å². The van der Waals surface area contributed by atoms with Crippen LogP contribution in [0.4, 0.5) is 5.69 Å². The van der Waals surface area contributed by atoms with Crippen molar-refractivity contribution in [3.63, 3.8) is 0 Å². The fourth-order valence-electron chi connectivity index (χ4n) is 2.09. The van der Waals surface area contributed by atoms with Crippen molar-refractivity contribution in [3.05, 3.63) is 23.8 Å². The number of aromatic hydroxyl groups is 1. The molecule has 1 aromatic rings. The van der Waals surface area contributed by atoms with Crippen LogP contribution in [0, 0.1) is 5.92 Å². The van der Waals surface area contributed by atoms with Crippen LogP contribution in [-0.4, -0.2) is 46.5 Å². The summed E-state index contributed by atoms with van der Waals surface area (Å²) in [7, 11) is 1.61. The maximum absolute atomic E-state index is 12.0. The second-order valence-electron chi connectivity index (χ2n) is 4.67. The predicted molar refractivity (Wildman–Crippen MR) is 69.4 cm³/mol. The molecule has 20 heavy (non-hydrogen) atoms. The second-order valence-corrected chi connectivity index (χ2v) is 4.67. The first-order chi connectivity index (χ1) is 9.40. The van der Waals surface area contributed by atoms with Crippen LogP contribution in [0.3, 0.4) is 0 Å². The summed E-state index contributed by atoms with van der Waals surface area (Å²) < 4.78 is 0. The minimum absolute atomic E-state index is 0.0249. The number of rotatable bonds is 3. The van der Waals surface area contributed by atoms with Crippen molar-refractivity contribution in [1.82, 2.24) is 4.90 Å². The largest absolute Gasteiger partial charge is 0.505 e. The Balaban J connectivity index is 2.15. The van der Waals surface area contributed by atoms with Gasteiger partial charge in [-0.15, -0.1) is 0 Å². The smallest absolute Gasteiger partial charge is 0.339 e. The predicted octanol–water partition coefficient (Wildman–Crippen LogP) is 0.507. The average molecular weight is 278 g/mol. The average Bonchev–Trinajstić information content (AvgIpc) is 2.72. The molecule has 2 amide bonds. The Morgan fingerprint density at radius 3 is 2.65 bits per heavy atom. The first-order valence-corrected chi connectivity index (χ1v) is 6.00. The quantitative estimate of drug-likeness (QED) is 0.698. The van der Waals surface area contributed by atoms with E-state index in [1.165, 1.54) is 23.1 Å². The molecule has 1 aliphatic rings. The highest BCUT2D eigenvalue weighted by molar-refractivity contribution is 6.00. The van der Waals surface area contributed by atoms with Gasteiger partial charge in [0.1, 0.15) is 5.56 Å². The molecule has 1 saturated heterocycles. The number of phenols is 1. The van der Waals surface area contributed by atoms with Crippen molar-refractivity contribution in [1.29, 1.82) is 0 Å². The van der Waals surface area contributed by atoms with Gasteiger partial charge in [0, 0.05) is 20.0 Å². The number of hydrogen-bond donors (Lipinski definition) is 3. The van der Waals surface area contributed by atoms with Crippen molar-refractivity contribution >= 4 is 23.5 Å². The molecule has 0 bridgehead atoms. The summed E-state index contributed by atoms with van der Waals surface area (Å²) in [6, 6.07) is 4.06. The van der Waals surface area contributed by atoms with Gasteiger partial charge < -0.3 is 20.4 Å². The highest BCUT2D eigenvalue weighted by Crippen LogP contribution is 2.28. The highest BCUT2D eigenvalue weighted by atomic mass is 16.4. The van der Waals surface area contributed by atoms with Gasteiger partial charge >= 0.3 is 5.97 Å². The van der Waals surface area contributed by atoms with Gasteiger partial charge in [0.2, 0.25) is 11.8 Å². The van der Waals surface area contributed by atoms with Crippen LogP contribution < -0.4 is 5.32 Å². The van der Waals surface area contributed by atoms with Crippen LogP contribution in [0.15, 0.2) is 18.2 Å². The molecular weight excluding hydrogens is 264 g/mol. The van der Waals surface area contributed by atoms with Crippen molar-refractivity contribution < 1.29 is 24.6 Å². The number of para-hydroxylation sites is 1. The van der Waals surface area contributed by atoms with E-state index in [-0.39, 0.29) is 23.6 Å². The van der Waals surface area contributed by atoms with Crippen molar-refractivity contribution in [2.45, 2.75) is 6.42 Å². The Bertz CT molecular complexity index is 584. The SMILES string of the molecule is CN1CC(C(=O)Nc2cccc(C(=O)O)c2O)CC1=O. The Labute approximate surface area is 114 Å². The molecule has 106 valence electrons. The fourth-order valence-corrected chi connectivity index (χ4v) is 2.09. The molecule has 2 rings (SSSR count). The molecule has 7 nitrogen and oxygen atoms in total. The van der Waals surface area contributed by atoms with Crippen LogP contribution in [-0.2, 0) is 9.59 Å². The Kier molecular flexibility index (Phi) is 3.60. The van der Waals surface area contributed by atoms with E-state index in [1.54, 1.807) is 7.05 Å². The number of hydrogen-bond acceptors (Lipinski definition) is 4. The van der Waals surface area contributed by atoms with E-state index < -0.39 is 23.5 Å². The number of carboxylic acids is 1. The number of aromatic carboxylic acids is 1. The summed E-state index contributed by atoms with van der Waals surface area (Å²) in [5.41, 5.74) is -0.265. The van der Waals surface area contributed by atoms with Crippen LogP contribution in [0.1, 0.15) is 16.8 Å². The Hall–Kier alpha value is -2.57. The Morgan fingerprint density at radius 1 is 1.40 bits per heavy atom. The number of carbonyl (C=O) groups is 3. The lowest BCUT2D eigenvalue weighted by Gasteiger charge is -2.12. The first-order valence-electron chi connectivity index (χ1n) is 6.00. The number of nitrogens with zero attached hydrogens (tertiary/aromatic N) is 1. The van der Waals surface area contributed by atoms with Gasteiger partial charge in [-0.25, -0.2) is 4.79 Å². The third kappa shape index (κ3) is 2.56. The van der Waals surface area contributed by atoms with E-state index in [2.05, 4.69) is 5.32 Å². The van der Waals surface area contributed by atoms with Gasteiger partial charge in [-0.3, -0.25) is 9.59 Å². The lowest BCUT2D eigenvalue weighted by atomic mass is 10.1. The molecule has 3 N–H and O–H groups in total. The first kappa shape index (κ1) is 13.9. The zero-order valence-electron chi connectivity index (χ0n) is 10.8. The second kappa shape index (κ2) is 5.20. The van der Waals surface area contributed by atoms with E-state index in [0.717, 1.165) is 0 Å². The van der Waals surface area contributed by atoms with E-state index in [9.17, 15) is 19.5 Å². The van der Waals surface area contributed by atoms with Crippen LogP contribution in [0.25, 0.3) is 0 Å². The summed E-state index contributed by atoms with van der Waals surface area (Å²) in [6.07, 6.45) is 0.113. The summed E-state index contributed by atoms with van der Waals surface area (Å²) in [5, 5.41) is 21.1. The zero-order valence-corrected chi connectivity index (χ0v) is 10.8. The van der Waals surface area contributed by atoms with E-state index in [1.807, 2.05) is 0 Å². The Morgan fingerprint density at radius 2 is 2.10 bits per heavy atom. The number of anilines is 1. The molecule has 1 heterocycles. The zero-order chi connectivity index (χ0) is 14.9. The van der Waals surface area contributed by atoms with Gasteiger partial charge in [-0.2, -0.15) is 0 Å². The van der Waals surface area contributed by atoms with Crippen LogP contribution >= 0.6 is 0 Å². The van der Waals surface area contributed by atoms with E-state index in [0.29, 0.717) is 6.54 Å². The summed E-state index contributed by atoms with van der Waals surface area (Å²) in [4.78, 5) is 35.7. The fraction of sp³-hybridized carbons (Fsp3) is 0.308. The lowest BCUT2D eigenvalue weighted by Crippen LogP contribution is -2.25. The molecule has 0 saturated carbocycles.